The van der Waals surface area contributed by atoms with Gasteiger partial charge < -0.3 is 0 Å². The molecule has 0 N–H and O–H groups in total. The van der Waals surface area contributed by atoms with Gasteiger partial charge in [0.2, 0.25) is 0 Å². The van der Waals surface area contributed by atoms with Crippen molar-refractivity contribution in [3.8, 4) is 11.3 Å². The Morgan fingerprint density at radius 2 is 1.63 bits per heavy atom. The second kappa shape index (κ2) is 6.49. The van der Waals surface area contributed by atoms with Gasteiger partial charge in [0, 0.05) is 29.6 Å². The molecule has 1 heterocycles. The van der Waals surface area contributed by atoms with Crippen LogP contribution in [0.1, 0.15) is 25.7 Å². The quantitative estimate of drug-likeness (QED) is 0.471. The van der Waals surface area contributed by atoms with E-state index in [1.165, 1.54) is 31.7 Å². The van der Waals surface area contributed by atoms with Crippen LogP contribution in [0.3, 0.4) is 0 Å². The van der Waals surface area contributed by atoms with Crippen LogP contribution in [0.25, 0.3) is 22.2 Å². The molecule has 4 fully saturated rings. The summed E-state index contributed by atoms with van der Waals surface area (Å²) in [7, 11) is 0. The maximum atomic E-state index is 13.2. The van der Waals surface area contributed by atoms with Crippen molar-refractivity contribution in [1.82, 2.24) is 9.55 Å². The molecule has 2 aromatic carbocycles. The van der Waals surface area contributed by atoms with Crippen molar-refractivity contribution in [2.75, 3.05) is 0 Å². The van der Waals surface area contributed by atoms with Gasteiger partial charge in [-0.2, -0.15) is 4.98 Å². The lowest BCUT2D eigenvalue weighted by atomic mass is 9.72. The normalized spacial score (nSPS) is 29.0. The Morgan fingerprint density at radius 3 is 2.27 bits per heavy atom. The van der Waals surface area contributed by atoms with Crippen molar-refractivity contribution in [1.29, 1.82) is 0 Å². The van der Waals surface area contributed by atoms with Gasteiger partial charge in [-0.25, -0.2) is 4.79 Å². The second-order valence-electron chi connectivity index (χ2n) is 9.33. The molecule has 0 aliphatic heterocycles. The number of rotatable bonds is 4. The van der Waals surface area contributed by atoms with Crippen LogP contribution in [-0.2, 0) is 6.54 Å². The number of nitro benzene ring substituents is 1. The highest BCUT2D eigenvalue weighted by atomic mass is 16.6. The summed E-state index contributed by atoms with van der Waals surface area (Å²) in [5.41, 5.74) is 1.82. The van der Waals surface area contributed by atoms with Crippen LogP contribution in [0.5, 0.6) is 0 Å². The van der Waals surface area contributed by atoms with Gasteiger partial charge in [-0.3, -0.25) is 14.7 Å². The fraction of sp³-hybridized carbons (Fsp3) is 0.417. The highest BCUT2D eigenvalue weighted by molar-refractivity contribution is 5.93. The fourth-order valence-corrected chi connectivity index (χ4v) is 6.68. The van der Waals surface area contributed by atoms with Crippen LogP contribution in [-0.4, -0.2) is 14.5 Å². The van der Waals surface area contributed by atoms with Gasteiger partial charge in [0.25, 0.3) is 5.69 Å². The van der Waals surface area contributed by atoms with Crippen LogP contribution in [0.4, 0.5) is 5.69 Å². The summed E-state index contributed by atoms with van der Waals surface area (Å²) in [4.78, 5) is 28.6. The Morgan fingerprint density at radius 1 is 0.967 bits per heavy atom. The SMILES string of the molecule is O=c1nc(-c2ccccc2)c2cc([N+](=O)[O-])ccc2n1CC1C2CC3CC1CC3C2. The number of aromatic nitrogens is 2. The molecule has 4 aliphatic rings. The topological polar surface area (TPSA) is 78.0 Å². The molecule has 0 atom stereocenters. The summed E-state index contributed by atoms with van der Waals surface area (Å²) < 4.78 is 1.78. The first-order valence-electron chi connectivity index (χ1n) is 10.8. The molecule has 4 bridgehead atoms. The van der Waals surface area contributed by atoms with Crippen molar-refractivity contribution in [3.05, 3.63) is 69.1 Å². The maximum Gasteiger partial charge on any atom is 0.348 e. The van der Waals surface area contributed by atoms with Crippen molar-refractivity contribution in [3.63, 3.8) is 0 Å². The molecule has 0 amide bonds. The van der Waals surface area contributed by atoms with Crippen molar-refractivity contribution in [2.24, 2.45) is 29.6 Å². The average Bonchev–Trinajstić information content (AvgIpc) is 3.25. The van der Waals surface area contributed by atoms with Crippen molar-refractivity contribution < 1.29 is 4.92 Å². The molecule has 0 radical (unpaired) electrons. The molecule has 152 valence electrons. The summed E-state index contributed by atoms with van der Waals surface area (Å²) >= 11 is 0. The van der Waals surface area contributed by atoms with Gasteiger partial charge >= 0.3 is 5.69 Å². The highest BCUT2D eigenvalue weighted by Gasteiger charge is 2.52. The minimum Gasteiger partial charge on any atom is -0.292 e. The zero-order chi connectivity index (χ0) is 20.4. The molecule has 6 heteroatoms. The number of benzene rings is 2. The van der Waals surface area contributed by atoms with Gasteiger partial charge in [-0.1, -0.05) is 30.3 Å². The third-order valence-corrected chi connectivity index (χ3v) is 7.92. The number of hydrogen-bond acceptors (Lipinski definition) is 4. The second-order valence-corrected chi connectivity index (χ2v) is 9.33. The summed E-state index contributed by atoms with van der Waals surface area (Å²) in [5.74, 6) is 3.75. The standard InChI is InChI=1S/C24H23N3O3/c28-24-25-23(14-4-2-1-3-5-14)20-12-19(27(29)30)6-7-22(20)26(24)13-21-17-8-15-9-18(21)11-16(15)10-17/h1-7,12,15-18,21H,8-11,13H2. The van der Waals surface area contributed by atoms with Crippen molar-refractivity contribution >= 4 is 16.6 Å². The number of nitro groups is 1. The van der Waals surface area contributed by atoms with E-state index in [1.807, 2.05) is 30.3 Å². The number of non-ortho nitro benzene ring substituents is 1. The lowest BCUT2D eigenvalue weighted by Crippen LogP contribution is -2.35. The molecule has 4 aliphatic carbocycles. The van der Waals surface area contributed by atoms with E-state index in [-0.39, 0.29) is 11.4 Å². The van der Waals surface area contributed by atoms with Crippen LogP contribution in [0.2, 0.25) is 0 Å². The van der Waals surface area contributed by atoms with Gasteiger partial charge in [0.1, 0.15) is 0 Å². The third-order valence-electron chi connectivity index (χ3n) is 7.92. The molecule has 6 nitrogen and oxygen atoms in total. The number of hydrogen-bond donors (Lipinski definition) is 0. The van der Waals surface area contributed by atoms with Crippen LogP contribution >= 0.6 is 0 Å². The predicted molar refractivity (Wildman–Crippen MR) is 114 cm³/mol. The molecule has 3 aromatic rings. The largest absolute Gasteiger partial charge is 0.348 e. The molecular weight excluding hydrogens is 378 g/mol. The number of nitrogens with zero attached hydrogens (tertiary/aromatic N) is 3. The maximum absolute atomic E-state index is 13.2. The van der Waals surface area contributed by atoms with E-state index in [9.17, 15) is 14.9 Å². The van der Waals surface area contributed by atoms with E-state index in [2.05, 4.69) is 4.98 Å². The summed E-state index contributed by atoms with van der Waals surface area (Å²) in [5, 5.41) is 12.1. The minimum absolute atomic E-state index is 0.0183. The average molecular weight is 401 g/mol. The van der Waals surface area contributed by atoms with E-state index in [4.69, 9.17) is 0 Å². The first-order chi connectivity index (χ1) is 14.6. The molecular formula is C24H23N3O3. The van der Waals surface area contributed by atoms with Crippen molar-refractivity contribution in [2.45, 2.75) is 32.2 Å². The van der Waals surface area contributed by atoms with E-state index in [0.29, 0.717) is 35.4 Å². The van der Waals surface area contributed by atoms with E-state index in [0.717, 1.165) is 22.9 Å². The Bertz CT molecular complexity index is 1190. The van der Waals surface area contributed by atoms with Crippen LogP contribution < -0.4 is 5.69 Å². The Labute approximate surface area is 173 Å². The zero-order valence-electron chi connectivity index (χ0n) is 16.6. The molecule has 7 rings (SSSR count). The molecule has 1 aromatic heterocycles. The Balaban J connectivity index is 1.50. The summed E-state index contributed by atoms with van der Waals surface area (Å²) in [6.07, 6.45) is 5.22. The fourth-order valence-electron chi connectivity index (χ4n) is 6.68. The van der Waals surface area contributed by atoms with Gasteiger partial charge in [0.05, 0.1) is 16.1 Å². The van der Waals surface area contributed by atoms with Gasteiger partial charge in [0.15, 0.2) is 0 Å². The lowest BCUT2D eigenvalue weighted by Gasteiger charge is -2.36. The summed E-state index contributed by atoms with van der Waals surface area (Å²) in [6, 6.07) is 14.2. The molecule has 0 spiro atoms. The third kappa shape index (κ3) is 2.62. The summed E-state index contributed by atoms with van der Waals surface area (Å²) in [6.45, 7) is 0.671. The number of fused-ring (bicyclic) bond motifs is 1. The first-order valence-corrected chi connectivity index (χ1v) is 10.8. The van der Waals surface area contributed by atoms with Gasteiger partial charge in [-0.15, -0.1) is 0 Å². The molecule has 0 saturated heterocycles. The Hall–Kier alpha value is -3.02. The minimum atomic E-state index is -0.391. The van der Waals surface area contributed by atoms with E-state index >= 15 is 0 Å². The zero-order valence-corrected chi connectivity index (χ0v) is 16.6. The molecule has 0 unspecified atom stereocenters. The van der Waals surface area contributed by atoms with Crippen LogP contribution in [0.15, 0.2) is 53.3 Å². The highest BCUT2D eigenvalue weighted by Crippen LogP contribution is 2.61. The van der Waals surface area contributed by atoms with E-state index in [1.54, 1.807) is 16.7 Å². The van der Waals surface area contributed by atoms with Gasteiger partial charge in [-0.05, 0) is 61.3 Å². The molecule has 4 saturated carbocycles. The van der Waals surface area contributed by atoms with E-state index < -0.39 is 4.92 Å². The molecule has 30 heavy (non-hydrogen) atoms. The predicted octanol–water partition coefficient (Wildman–Crippen LogP) is 4.65. The monoisotopic (exact) mass is 401 g/mol. The Kier molecular flexibility index (Phi) is 3.85. The lowest BCUT2D eigenvalue weighted by molar-refractivity contribution is -0.384. The first kappa shape index (κ1) is 17.8. The van der Waals surface area contributed by atoms with Crippen LogP contribution in [0, 0.1) is 39.7 Å². The smallest absolute Gasteiger partial charge is 0.292 e.